The number of nitrogens with zero attached hydrogens (tertiary/aromatic N) is 8. The standard InChI is InChI=1S/C44H48N8O3SSi4.Cu/c1-57(2,3)53-59(7,8)55-60(9,54-58(4,5)6)26-16-25-56-28-23-24-35-36(27-28)44-51-42-34-22-15-14-21-33(34)40(49-42)47-38-30-18-11-10-17-29(30)37(45-38)46-39-31-19-12-13-20-32(31)41(48-39)50-43(35)52-44;/h10-15,17-24,27H,16,25-26H2,1-9H3;/q-2;+2. The van der Waals surface area contributed by atoms with Crippen molar-refractivity contribution in [1.82, 2.24) is 39.9 Å². The van der Waals surface area contributed by atoms with Crippen molar-refractivity contribution in [2.24, 2.45) is 0 Å². The topological polar surface area (TPSA) is 133 Å². The summed E-state index contributed by atoms with van der Waals surface area (Å²) in [6.45, 7) is 20.0. The van der Waals surface area contributed by atoms with Gasteiger partial charge in [0.05, 0.1) is 23.3 Å². The maximum atomic E-state index is 6.96. The molecule has 0 spiro atoms. The van der Waals surface area contributed by atoms with E-state index in [2.05, 4.69) is 77.1 Å². The van der Waals surface area contributed by atoms with Crippen LogP contribution in [0.4, 0.5) is 0 Å². The molecule has 17 heteroatoms. The molecule has 315 valence electrons. The molecule has 0 fully saturated rings. The predicted molar refractivity (Wildman–Crippen MR) is 253 cm³/mol. The minimum atomic E-state index is -2.52. The zero-order chi connectivity index (χ0) is 42.0. The molecule has 8 bridgehead atoms. The first-order valence-corrected chi connectivity index (χ1v) is 33.5. The third-order valence-electron chi connectivity index (χ3n) is 9.97. The average Bonchev–Trinajstić information content (AvgIpc) is 3.90. The van der Waals surface area contributed by atoms with E-state index in [4.69, 9.17) is 52.2 Å². The van der Waals surface area contributed by atoms with Crippen LogP contribution in [0.25, 0.3) is 89.7 Å². The zero-order valence-corrected chi connectivity index (χ0v) is 41.6. The number of hydrogen-bond donors (Lipinski definition) is 0. The van der Waals surface area contributed by atoms with Gasteiger partial charge in [-0.3, -0.25) is 0 Å². The van der Waals surface area contributed by atoms with E-state index in [1.165, 1.54) is 0 Å². The van der Waals surface area contributed by atoms with E-state index in [0.717, 1.165) is 66.9 Å². The van der Waals surface area contributed by atoms with Crippen molar-refractivity contribution in [3.63, 3.8) is 0 Å². The Balaban J connectivity index is 0.00000514. The first-order valence-electron chi connectivity index (χ1n) is 20.4. The van der Waals surface area contributed by atoms with E-state index < -0.39 is 33.8 Å². The maximum Gasteiger partial charge on any atom is 2.00 e. The van der Waals surface area contributed by atoms with Gasteiger partial charge in [-0.1, -0.05) is 78.9 Å². The van der Waals surface area contributed by atoms with E-state index in [1.807, 2.05) is 84.6 Å². The molecule has 4 aromatic carbocycles. The molecule has 7 aromatic rings. The van der Waals surface area contributed by atoms with Crippen LogP contribution in [0.5, 0.6) is 0 Å². The molecule has 0 saturated carbocycles. The first kappa shape index (κ1) is 43.5. The van der Waals surface area contributed by atoms with Crippen molar-refractivity contribution in [1.29, 1.82) is 0 Å². The number of rotatable bonds is 11. The summed E-state index contributed by atoms with van der Waals surface area (Å²) in [6.07, 6.45) is 0.956. The molecule has 61 heavy (non-hydrogen) atoms. The van der Waals surface area contributed by atoms with Crippen LogP contribution < -0.4 is 9.97 Å². The van der Waals surface area contributed by atoms with Crippen molar-refractivity contribution in [3.05, 3.63) is 91.0 Å². The van der Waals surface area contributed by atoms with Gasteiger partial charge in [-0.05, 0) is 111 Å². The molecule has 3 aromatic heterocycles. The summed E-state index contributed by atoms with van der Waals surface area (Å²) in [7, 11) is -8.55. The zero-order valence-electron chi connectivity index (χ0n) is 35.8. The third-order valence-corrected chi connectivity index (χ3v) is 24.6. The Kier molecular flexibility index (Phi) is 11.8. The Morgan fingerprint density at radius 1 is 0.475 bits per heavy atom. The van der Waals surface area contributed by atoms with E-state index in [0.29, 0.717) is 45.9 Å². The van der Waals surface area contributed by atoms with Crippen LogP contribution in [0.15, 0.2) is 95.9 Å². The van der Waals surface area contributed by atoms with Crippen LogP contribution in [0.2, 0.25) is 65.0 Å². The Hall–Kier alpha value is -4.14. The van der Waals surface area contributed by atoms with Crippen LogP contribution in [0.1, 0.15) is 6.42 Å². The summed E-state index contributed by atoms with van der Waals surface area (Å²) in [5.74, 6) is 3.06. The Morgan fingerprint density at radius 2 is 0.885 bits per heavy atom. The van der Waals surface area contributed by atoms with E-state index in [9.17, 15) is 0 Å². The summed E-state index contributed by atoms with van der Waals surface area (Å²) in [5, 5.41) is 3.54. The molecular formula is C44H48CuN8O3SSi4. The third kappa shape index (κ3) is 9.32. The van der Waals surface area contributed by atoms with Gasteiger partial charge in [0, 0.05) is 49.7 Å². The normalized spacial score (nSPS) is 13.8. The van der Waals surface area contributed by atoms with E-state index >= 15 is 0 Å². The molecule has 2 aliphatic rings. The molecule has 0 N–H and O–H groups in total. The van der Waals surface area contributed by atoms with Gasteiger partial charge in [0.15, 0.2) is 16.6 Å². The molecular weight excluding hydrogens is 896 g/mol. The molecule has 1 atom stereocenters. The molecule has 9 rings (SSSR count). The van der Waals surface area contributed by atoms with Gasteiger partial charge < -0.3 is 42.2 Å². The van der Waals surface area contributed by atoms with Crippen LogP contribution in [-0.2, 0) is 29.4 Å². The molecule has 5 heterocycles. The van der Waals surface area contributed by atoms with Crippen molar-refractivity contribution < 1.29 is 29.4 Å². The monoisotopic (exact) mass is 943 g/mol. The predicted octanol–water partition coefficient (Wildman–Crippen LogP) is 11.1. The van der Waals surface area contributed by atoms with Gasteiger partial charge in [-0.15, -0.1) is 11.8 Å². The van der Waals surface area contributed by atoms with Crippen molar-refractivity contribution >= 4 is 89.7 Å². The second-order valence-electron chi connectivity index (χ2n) is 17.8. The molecule has 1 radical (unpaired) electrons. The number of fused-ring (bicyclic) bond motifs is 20. The van der Waals surface area contributed by atoms with Gasteiger partial charge in [-0.2, -0.15) is 0 Å². The van der Waals surface area contributed by atoms with E-state index in [-0.39, 0.29) is 17.1 Å². The Labute approximate surface area is 375 Å². The summed E-state index contributed by atoms with van der Waals surface area (Å²) in [5.41, 5.74) is 5.69. The van der Waals surface area contributed by atoms with Gasteiger partial charge in [0.25, 0.3) is 0 Å². The number of hydrogen-bond acceptors (Lipinski definition) is 10. The molecule has 0 amide bonds. The van der Waals surface area contributed by atoms with Crippen LogP contribution in [0.3, 0.4) is 0 Å². The quantitative estimate of drug-likeness (QED) is 0.0694. The summed E-state index contributed by atoms with van der Waals surface area (Å²) >= 11 is 1.82. The van der Waals surface area contributed by atoms with Gasteiger partial charge in [-0.25, -0.2) is 9.97 Å². The Morgan fingerprint density at radius 3 is 1.33 bits per heavy atom. The van der Waals surface area contributed by atoms with Crippen molar-refractivity contribution in [3.8, 4) is 45.6 Å². The minimum Gasteiger partial charge on any atom is -0.437 e. The molecule has 1 unspecified atom stereocenters. The van der Waals surface area contributed by atoms with Gasteiger partial charge in [0.1, 0.15) is 0 Å². The van der Waals surface area contributed by atoms with Crippen LogP contribution >= 0.6 is 11.8 Å². The fourth-order valence-electron chi connectivity index (χ4n) is 8.21. The van der Waals surface area contributed by atoms with Crippen molar-refractivity contribution in [2.45, 2.75) is 76.3 Å². The smallest absolute Gasteiger partial charge is 0.437 e. The molecule has 2 aliphatic heterocycles. The van der Waals surface area contributed by atoms with Crippen LogP contribution in [-0.4, -0.2) is 69.4 Å². The minimum absolute atomic E-state index is 0. The Bertz CT molecular complexity index is 2980. The fraction of sp³-hybridized carbons (Fsp3) is 0.273. The van der Waals surface area contributed by atoms with Gasteiger partial charge >= 0.3 is 34.2 Å². The molecule has 0 saturated heterocycles. The average molecular weight is 945 g/mol. The fourth-order valence-corrected chi connectivity index (χ4v) is 27.3. The first-order chi connectivity index (χ1) is 28.5. The maximum absolute atomic E-state index is 6.96. The van der Waals surface area contributed by atoms with E-state index in [1.54, 1.807) is 0 Å². The largest absolute Gasteiger partial charge is 2.00 e. The van der Waals surface area contributed by atoms with Crippen LogP contribution in [0, 0.1) is 0 Å². The molecule has 0 aliphatic carbocycles. The number of aromatic nitrogens is 8. The van der Waals surface area contributed by atoms with Crippen molar-refractivity contribution in [2.75, 3.05) is 5.75 Å². The SMILES string of the molecule is C[Si](C)(C)O[Si](C)(C)O[Si](C)(CCCSc1ccc2c3nc4nc(nc5[n-]c(nc6nc(nc([n-]3)c2c1)-c1ccccc1-6)c1ccccc51)-c1ccccc1-4)O[Si](C)(C)C.[Cu+2]. The number of benzene rings is 4. The summed E-state index contributed by atoms with van der Waals surface area (Å²) in [6, 6.07) is 31.4. The second-order valence-corrected chi connectivity index (χ2v) is 35.5. The second kappa shape index (κ2) is 16.5. The van der Waals surface area contributed by atoms with Gasteiger partial charge in [0.2, 0.25) is 0 Å². The summed E-state index contributed by atoms with van der Waals surface area (Å²) in [4.78, 5) is 41.6. The summed E-state index contributed by atoms with van der Waals surface area (Å²) < 4.78 is 20.4. The molecule has 11 nitrogen and oxygen atoms in total. The number of thioether (sulfide) groups is 1.